The number of Topliss-reactive ketones (excluding diaryl/α,β-unsaturated/α-hetero) is 1. The Kier molecular flexibility index (Phi) is 7.77. The van der Waals surface area contributed by atoms with Crippen molar-refractivity contribution in [2.24, 2.45) is 10.9 Å². The van der Waals surface area contributed by atoms with Gasteiger partial charge in [0.25, 0.3) is 0 Å². The van der Waals surface area contributed by atoms with E-state index in [0.29, 0.717) is 11.3 Å². The summed E-state index contributed by atoms with van der Waals surface area (Å²) in [5.74, 6) is -0.243. The van der Waals surface area contributed by atoms with Crippen LogP contribution in [0.25, 0.3) is 0 Å². The predicted molar refractivity (Wildman–Crippen MR) is 120 cm³/mol. The van der Waals surface area contributed by atoms with Crippen LogP contribution in [0.3, 0.4) is 0 Å². The van der Waals surface area contributed by atoms with Crippen molar-refractivity contribution in [3.63, 3.8) is 0 Å². The fraction of sp³-hybridized carbons (Fsp3) is 0.318. The van der Waals surface area contributed by atoms with Crippen LogP contribution in [0.5, 0.6) is 5.75 Å². The molecule has 0 aliphatic heterocycles. The quantitative estimate of drug-likeness (QED) is 0.187. The number of ether oxygens (including phenoxy) is 1. The number of nitrogens with zero attached hydrogens (tertiary/aromatic N) is 1. The fourth-order valence-corrected chi connectivity index (χ4v) is 4.15. The van der Waals surface area contributed by atoms with E-state index in [4.69, 9.17) is 15.7 Å². The summed E-state index contributed by atoms with van der Waals surface area (Å²) in [5, 5.41) is 15.5. The number of hydrogen-bond acceptors (Lipinski definition) is 5. The second kappa shape index (κ2) is 10.1. The van der Waals surface area contributed by atoms with Gasteiger partial charge in [-0.1, -0.05) is 66.4 Å². The molecule has 0 aromatic heterocycles. The van der Waals surface area contributed by atoms with E-state index in [2.05, 4.69) is 42.2 Å². The van der Waals surface area contributed by atoms with E-state index in [0.717, 1.165) is 5.56 Å². The molecule has 2 aromatic rings. The summed E-state index contributed by atoms with van der Waals surface area (Å²) in [6, 6.07) is 14.2. The molecule has 0 saturated heterocycles. The van der Waals surface area contributed by atoms with Crippen LogP contribution in [0.15, 0.2) is 53.7 Å². The number of amidine groups is 1. The van der Waals surface area contributed by atoms with Gasteiger partial charge in [0.1, 0.15) is 17.6 Å². The van der Waals surface area contributed by atoms with Gasteiger partial charge < -0.3 is 21.0 Å². The Balaban J connectivity index is 2.23. The van der Waals surface area contributed by atoms with Gasteiger partial charge >= 0.3 is 0 Å². The first-order chi connectivity index (χ1) is 14.1. The first-order valence-corrected chi connectivity index (χ1v) is 13.2. The van der Waals surface area contributed by atoms with Crippen LogP contribution in [-0.2, 0) is 16.0 Å². The fourth-order valence-electron chi connectivity index (χ4n) is 2.98. The number of nitrogens with one attached hydrogen (secondary N) is 1. The number of oxime groups is 1. The van der Waals surface area contributed by atoms with E-state index in [1.54, 1.807) is 31.4 Å². The summed E-state index contributed by atoms with van der Waals surface area (Å²) in [6.07, 6.45) is -0.131. The number of benzene rings is 2. The van der Waals surface area contributed by atoms with Gasteiger partial charge in [-0.05, 0) is 23.3 Å². The third kappa shape index (κ3) is 6.45. The zero-order valence-corrected chi connectivity index (χ0v) is 18.8. The summed E-state index contributed by atoms with van der Waals surface area (Å²) in [5.41, 5.74) is 6.93. The maximum Gasteiger partial charge on any atom is 0.228 e. The number of ketones is 1. The van der Waals surface area contributed by atoms with Gasteiger partial charge in [-0.2, -0.15) is 0 Å². The van der Waals surface area contributed by atoms with Crippen LogP contribution in [-0.4, -0.2) is 37.9 Å². The molecule has 1 atom stereocenters. The Morgan fingerprint density at radius 1 is 1.10 bits per heavy atom. The Labute approximate surface area is 177 Å². The molecule has 0 fully saturated rings. The Hall–Kier alpha value is -3.13. The largest absolute Gasteiger partial charge is 0.497 e. The van der Waals surface area contributed by atoms with Crippen molar-refractivity contribution >= 4 is 30.8 Å². The highest BCUT2D eigenvalue weighted by Crippen LogP contribution is 2.20. The van der Waals surface area contributed by atoms with Gasteiger partial charge in [-0.15, -0.1) is 0 Å². The first kappa shape index (κ1) is 23.1. The minimum absolute atomic E-state index is 0.159. The molecule has 30 heavy (non-hydrogen) atoms. The molecule has 1 amide bonds. The molecule has 2 aromatic carbocycles. The number of carbonyl (C=O) groups excluding carboxylic acids is 2. The molecule has 0 spiro atoms. The van der Waals surface area contributed by atoms with Gasteiger partial charge in [0, 0.05) is 6.42 Å². The Morgan fingerprint density at radius 2 is 1.70 bits per heavy atom. The lowest BCUT2D eigenvalue weighted by Crippen LogP contribution is -2.38. The summed E-state index contributed by atoms with van der Waals surface area (Å²) in [6.45, 7) is 6.80. The number of hydrogen-bond donors (Lipinski definition) is 3. The number of nitrogens with two attached hydrogens (primary N) is 1. The lowest BCUT2D eigenvalue weighted by atomic mass is 9.97. The van der Waals surface area contributed by atoms with Crippen LogP contribution in [0.4, 0.5) is 0 Å². The monoisotopic (exact) mass is 427 g/mol. The van der Waals surface area contributed by atoms with Crippen LogP contribution in [0.1, 0.15) is 23.6 Å². The van der Waals surface area contributed by atoms with E-state index in [1.165, 1.54) is 5.19 Å². The zero-order valence-electron chi connectivity index (χ0n) is 17.8. The first-order valence-electron chi connectivity index (χ1n) is 9.66. The van der Waals surface area contributed by atoms with E-state index in [1.807, 2.05) is 12.1 Å². The molecule has 0 bridgehead atoms. The van der Waals surface area contributed by atoms with E-state index in [-0.39, 0.29) is 24.5 Å². The molecule has 4 N–H and O–H groups in total. The normalized spacial score (nSPS) is 12.9. The second-order valence-electron chi connectivity index (χ2n) is 8.13. The molecule has 160 valence electrons. The maximum absolute atomic E-state index is 13.1. The highest BCUT2D eigenvalue weighted by molar-refractivity contribution is 6.88. The molecule has 0 heterocycles. The number of carbonyl (C=O) groups is 2. The molecular weight excluding hydrogens is 398 g/mol. The predicted octanol–water partition coefficient (Wildman–Crippen LogP) is 2.35. The van der Waals surface area contributed by atoms with Crippen LogP contribution < -0.4 is 21.0 Å². The summed E-state index contributed by atoms with van der Waals surface area (Å²) < 4.78 is 5.16. The van der Waals surface area contributed by atoms with Gasteiger partial charge in [0.2, 0.25) is 5.91 Å². The summed E-state index contributed by atoms with van der Waals surface area (Å²) in [4.78, 5) is 25.4. The molecule has 8 heteroatoms. The van der Waals surface area contributed by atoms with Gasteiger partial charge in [0.15, 0.2) is 5.78 Å². The van der Waals surface area contributed by atoms with Crippen molar-refractivity contribution in [3.05, 3.63) is 59.7 Å². The van der Waals surface area contributed by atoms with E-state index in [9.17, 15) is 9.59 Å². The smallest absolute Gasteiger partial charge is 0.228 e. The minimum atomic E-state index is -1.42. The Morgan fingerprint density at radius 3 is 2.20 bits per heavy atom. The number of methoxy groups -OCH3 is 1. The number of rotatable bonds is 9. The molecule has 0 radical (unpaired) electrons. The van der Waals surface area contributed by atoms with Crippen molar-refractivity contribution < 1.29 is 19.5 Å². The van der Waals surface area contributed by atoms with Crippen LogP contribution >= 0.6 is 0 Å². The SMILES string of the molecule is COc1ccc(C(NC(=O)C/C(N)=N/O)C(=O)Cc2ccc([Si](C)(C)C)cc2)cc1. The van der Waals surface area contributed by atoms with Crippen molar-refractivity contribution in [1.29, 1.82) is 0 Å². The zero-order chi connectivity index (χ0) is 22.3. The highest BCUT2D eigenvalue weighted by atomic mass is 28.3. The lowest BCUT2D eigenvalue weighted by molar-refractivity contribution is -0.127. The molecule has 0 aliphatic rings. The summed E-state index contributed by atoms with van der Waals surface area (Å²) >= 11 is 0. The molecule has 1 unspecified atom stereocenters. The van der Waals surface area contributed by atoms with Crippen molar-refractivity contribution in [1.82, 2.24) is 5.32 Å². The average molecular weight is 428 g/mol. The van der Waals surface area contributed by atoms with Gasteiger partial charge in [0.05, 0.1) is 21.6 Å². The van der Waals surface area contributed by atoms with Gasteiger partial charge in [-0.25, -0.2) is 0 Å². The number of amides is 1. The van der Waals surface area contributed by atoms with E-state index < -0.39 is 20.0 Å². The molecule has 2 rings (SSSR count). The Bertz CT molecular complexity index is 903. The molecular formula is C22H29N3O4Si. The van der Waals surface area contributed by atoms with E-state index >= 15 is 0 Å². The van der Waals surface area contributed by atoms with Crippen molar-refractivity contribution in [3.8, 4) is 5.75 Å². The molecule has 7 nitrogen and oxygen atoms in total. The molecule has 0 saturated carbocycles. The third-order valence-corrected chi connectivity index (χ3v) is 6.81. The van der Waals surface area contributed by atoms with Gasteiger partial charge in [-0.3, -0.25) is 9.59 Å². The maximum atomic E-state index is 13.1. The minimum Gasteiger partial charge on any atom is -0.497 e. The lowest BCUT2D eigenvalue weighted by Gasteiger charge is -2.19. The topological polar surface area (TPSA) is 114 Å². The highest BCUT2D eigenvalue weighted by Gasteiger charge is 2.24. The van der Waals surface area contributed by atoms with Crippen LogP contribution in [0, 0.1) is 0 Å². The third-order valence-electron chi connectivity index (χ3n) is 4.74. The van der Waals surface area contributed by atoms with Crippen molar-refractivity contribution in [2.45, 2.75) is 38.5 Å². The van der Waals surface area contributed by atoms with Crippen LogP contribution in [0.2, 0.25) is 19.6 Å². The van der Waals surface area contributed by atoms with Crippen molar-refractivity contribution in [2.75, 3.05) is 7.11 Å². The standard InChI is InChI=1S/C22H29N3O4Si/c1-29-17-9-7-16(8-10-17)22(24-21(27)14-20(23)25-28)19(26)13-15-5-11-18(12-6-15)30(2,3)4/h5-12,22,28H,13-14H2,1-4H3,(H2,23,25)(H,24,27). The summed E-state index contributed by atoms with van der Waals surface area (Å²) in [7, 11) is 0.138. The molecule has 0 aliphatic carbocycles. The average Bonchev–Trinajstić information content (AvgIpc) is 2.71. The second-order valence-corrected chi connectivity index (χ2v) is 13.2.